The average molecular weight is 528 g/mol. The van der Waals surface area contributed by atoms with Crippen molar-refractivity contribution in [3.63, 3.8) is 0 Å². The van der Waals surface area contributed by atoms with Crippen LogP contribution in [-0.4, -0.2) is 43.4 Å². The third kappa shape index (κ3) is 5.71. The van der Waals surface area contributed by atoms with Crippen LogP contribution in [0.2, 0.25) is 4.34 Å². The molecule has 1 fully saturated rings. The summed E-state index contributed by atoms with van der Waals surface area (Å²) in [5, 5.41) is 5.53. The molecule has 0 unspecified atom stereocenters. The zero-order valence-electron chi connectivity index (χ0n) is 18.9. The molecule has 2 aromatic carbocycles. The van der Waals surface area contributed by atoms with E-state index < -0.39 is 11.8 Å². The lowest BCUT2D eigenvalue weighted by Crippen LogP contribution is -2.41. The maximum absolute atomic E-state index is 13.1. The molecule has 1 aromatic heterocycles. The van der Waals surface area contributed by atoms with Crippen LogP contribution in [0.5, 0.6) is 0 Å². The Labute approximate surface area is 215 Å². The van der Waals surface area contributed by atoms with Gasteiger partial charge in [-0.2, -0.15) is 0 Å². The lowest BCUT2D eigenvalue weighted by Gasteiger charge is -2.26. The highest BCUT2D eigenvalue weighted by Gasteiger charge is 2.21. The van der Waals surface area contributed by atoms with Crippen molar-refractivity contribution in [2.75, 3.05) is 30.0 Å². The molecule has 2 heterocycles. The Bertz CT molecular complexity index is 1310. The third-order valence-electron chi connectivity index (χ3n) is 5.43. The summed E-state index contributed by atoms with van der Waals surface area (Å²) in [5.74, 6) is 3.74. The molecular weight excluding hydrogens is 506 g/mol. The van der Waals surface area contributed by atoms with Crippen molar-refractivity contribution < 1.29 is 23.9 Å². The van der Waals surface area contributed by atoms with Crippen molar-refractivity contribution in [3.8, 4) is 0 Å². The third-order valence-corrected chi connectivity index (χ3v) is 6.66. The number of nitrogens with zero attached hydrogens (tertiary/aromatic N) is 1. The van der Waals surface area contributed by atoms with Gasteiger partial charge in [-0.15, -0.1) is 11.3 Å². The predicted molar refractivity (Wildman–Crippen MR) is 136 cm³/mol. The molecule has 0 bridgehead atoms. The number of nitrogens with one attached hydrogen (secondary N) is 3. The molecule has 4 rings (SSSR count). The molecule has 10 nitrogen and oxygen atoms in total. The largest absolute Gasteiger partial charge is 0.370 e. The summed E-state index contributed by atoms with van der Waals surface area (Å²) in [6, 6.07) is 14.6. The second-order valence-corrected chi connectivity index (χ2v) is 9.41. The summed E-state index contributed by atoms with van der Waals surface area (Å²) in [5.41, 5.74) is 3.87. The Hall–Kier alpha value is -3.77. The van der Waals surface area contributed by atoms with Crippen LogP contribution >= 0.6 is 22.9 Å². The molecule has 0 aliphatic carbocycles. The van der Waals surface area contributed by atoms with Gasteiger partial charge in [0, 0.05) is 24.3 Å². The lowest BCUT2D eigenvalue weighted by atomic mass is 10.0. The van der Waals surface area contributed by atoms with E-state index in [1.54, 1.807) is 53.4 Å². The first-order chi connectivity index (χ1) is 17.4. The van der Waals surface area contributed by atoms with E-state index in [0.717, 1.165) is 11.3 Å². The number of anilines is 2. The second kappa shape index (κ2) is 11.3. The van der Waals surface area contributed by atoms with Crippen LogP contribution in [0.4, 0.5) is 11.4 Å². The van der Waals surface area contributed by atoms with Crippen molar-refractivity contribution >= 4 is 57.9 Å². The predicted octanol–water partition coefficient (Wildman–Crippen LogP) is 2.55. The molecule has 4 amide bonds. The summed E-state index contributed by atoms with van der Waals surface area (Å²) in [6.45, 7) is 0.917. The van der Waals surface area contributed by atoms with Gasteiger partial charge in [-0.3, -0.25) is 24.6 Å². The minimum atomic E-state index is -0.607. The molecule has 0 spiro atoms. The summed E-state index contributed by atoms with van der Waals surface area (Å²) >= 11 is 7.04. The van der Waals surface area contributed by atoms with Crippen molar-refractivity contribution in [1.29, 1.82) is 0 Å². The smallest absolute Gasteiger partial charge is 0.267 e. The Morgan fingerprint density at radius 3 is 2.47 bits per heavy atom. The number of carbonyl (C=O) groups is 4. The van der Waals surface area contributed by atoms with E-state index in [9.17, 15) is 19.2 Å². The first-order valence-electron chi connectivity index (χ1n) is 10.8. The number of thiophene rings is 1. The minimum Gasteiger partial charge on any atom is -0.370 e. The van der Waals surface area contributed by atoms with Gasteiger partial charge in [-0.05, 0) is 48.0 Å². The van der Waals surface area contributed by atoms with Gasteiger partial charge in [0.25, 0.3) is 23.6 Å². The number of morpholine rings is 1. The van der Waals surface area contributed by atoms with Gasteiger partial charge >= 0.3 is 0 Å². The van der Waals surface area contributed by atoms with E-state index in [0.29, 0.717) is 39.2 Å². The molecule has 1 aliphatic rings. The number of hydrogen-bond donors (Lipinski definition) is 4. The summed E-state index contributed by atoms with van der Waals surface area (Å²) in [6.07, 6.45) is 0. The molecule has 3 aromatic rings. The van der Waals surface area contributed by atoms with E-state index in [4.69, 9.17) is 22.2 Å². The number of carbonyl (C=O) groups excluding carboxylic acids is 4. The van der Waals surface area contributed by atoms with Crippen LogP contribution in [0, 0.1) is 0 Å². The molecule has 12 heteroatoms. The van der Waals surface area contributed by atoms with Gasteiger partial charge in [0.15, 0.2) is 0 Å². The number of halogens is 1. The van der Waals surface area contributed by atoms with E-state index in [2.05, 4.69) is 16.1 Å². The topological polar surface area (TPSA) is 143 Å². The number of nitrogen functional groups attached to an aromatic ring is 1. The minimum absolute atomic E-state index is 0.0149. The highest BCUT2D eigenvalue weighted by atomic mass is 35.5. The van der Waals surface area contributed by atoms with Crippen LogP contribution in [-0.2, 0) is 16.1 Å². The highest BCUT2D eigenvalue weighted by Crippen LogP contribution is 2.25. The number of para-hydroxylation sites is 1. The first kappa shape index (κ1) is 25.3. The second-order valence-electron chi connectivity index (χ2n) is 7.70. The van der Waals surface area contributed by atoms with Crippen molar-refractivity contribution in [3.05, 3.63) is 80.5 Å². The molecule has 5 N–H and O–H groups in total. The van der Waals surface area contributed by atoms with Gasteiger partial charge in [0.1, 0.15) is 6.61 Å². The zero-order chi connectivity index (χ0) is 25.7. The van der Waals surface area contributed by atoms with Gasteiger partial charge in [-0.1, -0.05) is 23.7 Å². The number of nitrogens with two attached hydrogens (primary N) is 1. The summed E-state index contributed by atoms with van der Waals surface area (Å²) in [7, 11) is 0. The van der Waals surface area contributed by atoms with E-state index in [-0.39, 0.29) is 36.2 Å². The molecule has 36 heavy (non-hydrogen) atoms. The molecule has 1 saturated heterocycles. The Kier molecular flexibility index (Phi) is 7.96. The molecular formula is C24H22ClN5O5S. The highest BCUT2D eigenvalue weighted by molar-refractivity contribution is 7.18. The average Bonchev–Trinajstić information content (AvgIpc) is 3.34. The normalized spacial score (nSPS) is 13.3. The van der Waals surface area contributed by atoms with Crippen LogP contribution in [0.25, 0.3) is 0 Å². The first-order valence-corrected chi connectivity index (χ1v) is 12.0. The summed E-state index contributed by atoms with van der Waals surface area (Å²) in [4.78, 5) is 52.0. The fourth-order valence-corrected chi connectivity index (χ4v) is 4.59. The van der Waals surface area contributed by atoms with Gasteiger partial charge in [0.05, 0.1) is 27.1 Å². The SMILES string of the molecule is NNC(=O)c1cccc(CNC(=O)c2ccc(Cl)s2)c1NC(=O)c1ccc(N2CCOCC2=O)cc1. The van der Waals surface area contributed by atoms with Crippen molar-refractivity contribution in [2.45, 2.75) is 6.54 Å². The lowest BCUT2D eigenvalue weighted by molar-refractivity contribution is -0.125. The van der Waals surface area contributed by atoms with E-state index in [1.165, 1.54) is 6.07 Å². The molecule has 1 aliphatic heterocycles. The molecule has 0 radical (unpaired) electrons. The molecule has 186 valence electrons. The Balaban J connectivity index is 1.54. The number of amides is 4. The maximum Gasteiger partial charge on any atom is 0.267 e. The van der Waals surface area contributed by atoms with Crippen molar-refractivity contribution in [2.24, 2.45) is 5.84 Å². The zero-order valence-corrected chi connectivity index (χ0v) is 20.4. The van der Waals surface area contributed by atoms with E-state index >= 15 is 0 Å². The maximum atomic E-state index is 13.1. The number of hydrazine groups is 1. The van der Waals surface area contributed by atoms with Gasteiger partial charge in [0.2, 0.25) is 0 Å². The monoisotopic (exact) mass is 527 g/mol. The number of benzene rings is 2. The van der Waals surface area contributed by atoms with Gasteiger partial charge in [-0.25, -0.2) is 5.84 Å². The molecule has 0 atom stereocenters. The fourth-order valence-electron chi connectivity index (χ4n) is 3.63. The van der Waals surface area contributed by atoms with Crippen LogP contribution in [0.15, 0.2) is 54.6 Å². The van der Waals surface area contributed by atoms with Crippen molar-refractivity contribution in [1.82, 2.24) is 10.7 Å². The van der Waals surface area contributed by atoms with Crippen LogP contribution in [0.3, 0.4) is 0 Å². The summed E-state index contributed by atoms with van der Waals surface area (Å²) < 4.78 is 5.63. The van der Waals surface area contributed by atoms with Gasteiger partial charge < -0.3 is 20.3 Å². The van der Waals surface area contributed by atoms with Crippen LogP contribution < -0.4 is 26.8 Å². The fraction of sp³-hybridized carbons (Fsp3) is 0.167. The van der Waals surface area contributed by atoms with Crippen LogP contribution in [0.1, 0.15) is 36.0 Å². The Morgan fingerprint density at radius 2 is 1.81 bits per heavy atom. The molecule has 0 saturated carbocycles. The quantitative estimate of drug-likeness (QED) is 0.211. The van der Waals surface area contributed by atoms with E-state index in [1.807, 2.05) is 0 Å². The number of ether oxygens (including phenoxy) is 1. The number of rotatable bonds is 7. The number of hydrogen-bond acceptors (Lipinski definition) is 7. The Morgan fingerprint density at radius 1 is 1.03 bits per heavy atom. The standard InChI is InChI=1S/C24H22ClN5O5S/c25-19-9-8-18(36-19)24(34)27-12-15-2-1-3-17(23(33)29-26)21(15)28-22(32)14-4-6-16(7-5-14)30-10-11-35-13-20(30)31/h1-9H,10-13,26H2,(H,27,34)(H,28,32)(H,29,33).